The molecule has 0 radical (unpaired) electrons. The van der Waals surface area contributed by atoms with Crippen molar-refractivity contribution in [2.24, 2.45) is 11.8 Å². The van der Waals surface area contributed by atoms with E-state index in [1.165, 1.54) is 12.8 Å². The Balaban J connectivity index is 2.41. The fourth-order valence-electron chi connectivity index (χ4n) is 2.90. The average Bonchev–Trinajstić information content (AvgIpc) is 2.48. The summed E-state index contributed by atoms with van der Waals surface area (Å²) in [4.78, 5) is 14.5. The van der Waals surface area contributed by atoms with Gasteiger partial charge in [-0.15, -0.1) is 0 Å². The Bertz CT molecular complexity index is 257. The number of amides is 1. The number of ether oxygens (including phenoxy) is 1. The molecular formula is C16H32N2O2. The highest BCUT2D eigenvalue weighted by Gasteiger charge is 2.24. The maximum absolute atomic E-state index is 12.5. The molecule has 0 spiro atoms. The molecule has 0 aromatic carbocycles. The Morgan fingerprint density at radius 3 is 2.65 bits per heavy atom. The third kappa shape index (κ3) is 6.23. The molecule has 1 atom stereocenters. The zero-order valence-electron chi connectivity index (χ0n) is 13.5. The lowest BCUT2D eigenvalue weighted by molar-refractivity contribution is -0.133. The van der Waals surface area contributed by atoms with Crippen molar-refractivity contribution < 1.29 is 9.53 Å². The molecule has 0 aromatic rings. The minimum atomic E-state index is 0.307. The largest absolute Gasteiger partial charge is 0.383 e. The summed E-state index contributed by atoms with van der Waals surface area (Å²) < 4.78 is 5.12. The standard InChI is InChI=1S/C16H32N2O2/c1-4-5-10-18(11-12-20-3)16(19)13-14(2)15-6-8-17-9-7-15/h14-15,17H,4-13H2,1-3H3. The lowest BCUT2D eigenvalue weighted by Crippen LogP contribution is -2.37. The van der Waals surface area contributed by atoms with Crippen molar-refractivity contribution in [2.75, 3.05) is 39.9 Å². The van der Waals surface area contributed by atoms with E-state index >= 15 is 0 Å². The molecule has 1 unspecified atom stereocenters. The van der Waals surface area contributed by atoms with Crippen LogP contribution in [0.1, 0.15) is 46.0 Å². The highest BCUT2D eigenvalue weighted by molar-refractivity contribution is 5.76. The van der Waals surface area contributed by atoms with Crippen molar-refractivity contribution in [3.63, 3.8) is 0 Å². The summed E-state index contributed by atoms with van der Waals surface area (Å²) in [5, 5.41) is 3.39. The highest BCUT2D eigenvalue weighted by atomic mass is 16.5. The monoisotopic (exact) mass is 284 g/mol. The van der Waals surface area contributed by atoms with Gasteiger partial charge in [0.15, 0.2) is 0 Å². The van der Waals surface area contributed by atoms with Gasteiger partial charge in [0.1, 0.15) is 0 Å². The number of unbranched alkanes of at least 4 members (excludes halogenated alkanes) is 1. The Hall–Kier alpha value is -0.610. The first-order valence-corrected chi connectivity index (χ1v) is 8.16. The second kappa shape index (κ2) is 10.2. The minimum absolute atomic E-state index is 0.307. The predicted molar refractivity (Wildman–Crippen MR) is 82.7 cm³/mol. The van der Waals surface area contributed by atoms with Crippen LogP contribution < -0.4 is 5.32 Å². The van der Waals surface area contributed by atoms with E-state index in [1.54, 1.807) is 7.11 Å². The molecule has 1 aliphatic rings. The maximum Gasteiger partial charge on any atom is 0.222 e. The van der Waals surface area contributed by atoms with Crippen LogP contribution in [-0.2, 0) is 9.53 Å². The van der Waals surface area contributed by atoms with Gasteiger partial charge in [0.2, 0.25) is 5.91 Å². The number of nitrogens with zero attached hydrogens (tertiary/aromatic N) is 1. The van der Waals surface area contributed by atoms with Crippen LogP contribution in [0.2, 0.25) is 0 Å². The van der Waals surface area contributed by atoms with Gasteiger partial charge in [0.25, 0.3) is 0 Å². The van der Waals surface area contributed by atoms with Crippen LogP contribution >= 0.6 is 0 Å². The molecule has 1 N–H and O–H groups in total. The second-order valence-corrected chi connectivity index (χ2v) is 6.00. The van der Waals surface area contributed by atoms with Crippen LogP contribution in [-0.4, -0.2) is 50.7 Å². The first-order chi connectivity index (χ1) is 9.69. The lowest BCUT2D eigenvalue weighted by Gasteiger charge is -2.30. The quantitative estimate of drug-likeness (QED) is 0.706. The molecule has 0 bridgehead atoms. The summed E-state index contributed by atoms with van der Waals surface area (Å²) in [5.41, 5.74) is 0. The molecule has 1 amide bonds. The number of rotatable bonds is 9. The Morgan fingerprint density at radius 1 is 1.35 bits per heavy atom. The Morgan fingerprint density at radius 2 is 2.05 bits per heavy atom. The molecule has 20 heavy (non-hydrogen) atoms. The molecule has 118 valence electrons. The van der Waals surface area contributed by atoms with E-state index in [4.69, 9.17) is 4.74 Å². The van der Waals surface area contributed by atoms with Crippen LogP contribution in [0.15, 0.2) is 0 Å². The van der Waals surface area contributed by atoms with Crippen LogP contribution in [0.25, 0.3) is 0 Å². The molecule has 1 heterocycles. The van der Waals surface area contributed by atoms with Crippen molar-refractivity contribution in [2.45, 2.75) is 46.0 Å². The SMILES string of the molecule is CCCCN(CCOC)C(=O)CC(C)C1CCNCC1. The molecular weight excluding hydrogens is 252 g/mol. The number of methoxy groups -OCH3 is 1. The number of nitrogens with one attached hydrogen (secondary N) is 1. The molecule has 0 saturated carbocycles. The molecule has 1 rings (SSSR count). The van der Waals surface area contributed by atoms with E-state index in [1.807, 2.05) is 4.90 Å². The van der Waals surface area contributed by atoms with Crippen molar-refractivity contribution in [1.29, 1.82) is 0 Å². The number of hydrogen-bond acceptors (Lipinski definition) is 3. The normalized spacial score (nSPS) is 17.9. The van der Waals surface area contributed by atoms with E-state index in [2.05, 4.69) is 19.2 Å². The molecule has 4 nitrogen and oxygen atoms in total. The Kier molecular flexibility index (Phi) is 8.86. The summed E-state index contributed by atoms with van der Waals surface area (Å²) >= 11 is 0. The Labute approximate surface area is 124 Å². The van der Waals surface area contributed by atoms with Gasteiger partial charge >= 0.3 is 0 Å². The van der Waals surface area contributed by atoms with Crippen LogP contribution in [0.4, 0.5) is 0 Å². The van der Waals surface area contributed by atoms with Crippen LogP contribution in [0.5, 0.6) is 0 Å². The van der Waals surface area contributed by atoms with E-state index < -0.39 is 0 Å². The van der Waals surface area contributed by atoms with Crippen molar-refractivity contribution in [3.05, 3.63) is 0 Å². The van der Waals surface area contributed by atoms with Crippen molar-refractivity contribution in [3.8, 4) is 0 Å². The van der Waals surface area contributed by atoms with Gasteiger partial charge in [0, 0.05) is 26.6 Å². The summed E-state index contributed by atoms with van der Waals surface area (Å²) in [6.07, 6.45) is 5.32. The fraction of sp³-hybridized carbons (Fsp3) is 0.938. The zero-order valence-corrected chi connectivity index (χ0v) is 13.5. The molecule has 1 aliphatic heterocycles. The number of carbonyl (C=O) groups is 1. The third-order valence-electron chi connectivity index (χ3n) is 4.38. The van der Waals surface area contributed by atoms with Crippen LogP contribution in [0, 0.1) is 11.8 Å². The summed E-state index contributed by atoms with van der Waals surface area (Å²) in [7, 11) is 1.69. The number of carbonyl (C=O) groups excluding carboxylic acids is 1. The van der Waals surface area contributed by atoms with Crippen molar-refractivity contribution >= 4 is 5.91 Å². The summed E-state index contributed by atoms with van der Waals surface area (Å²) in [6.45, 7) is 8.85. The predicted octanol–water partition coefficient (Wildman–Crippen LogP) is 2.29. The maximum atomic E-state index is 12.5. The molecule has 1 saturated heterocycles. The van der Waals surface area contributed by atoms with Gasteiger partial charge in [0.05, 0.1) is 6.61 Å². The molecule has 0 aromatic heterocycles. The van der Waals surface area contributed by atoms with E-state index in [0.717, 1.165) is 39.0 Å². The lowest BCUT2D eigenvalue weighted by atomic mass is 9.84. The van der Waals surface area contributed by atoms with E-state index in [0.29, 0.717) is 30.8 Å². The second-order valence-electron chi connectivity index (χ2n) is 6.00. The van der Waals surface area contributed by atoms with Gasteiger partial charge in [-0.3, -0.25) is 4.79 Å². The highest BCUT2D eigenvalue weighted by Crippen LogP contribution is 2.24. The van der Waals surface area contributed by atoms with Gasteiger partial charge < -0.3 is 15.0 Å². The van der Waals surface area contributed by atoms with E-state index in [-0.39, 0.29) is 0 Å². The first-order valence-electron chi connectivity index (χ1n) is 8.16. The smallest absolute Gasteiger partial charge is 0.222 e. The van der Waals surface area contributed by atoms with Crippen LogP contribution in [0.3, 0.4) is 0 Å². The van der Waals surface area contributed by atoms with Crippen molar-refractivity contribution in [1.82, 2.24) is 10.2 Å². The minimum Gasteiger partial charge on any atom is -0.383 e. The number of piperidine rings is 1. The first kappa shape index (κ1) is 17.4. The zero-order chi connectivity index (χ0) is 14.8. The topological polar surface area (TPSA) is 41.6 Å². The van der Waals surface area contributed by atoms with Gasteiger partial charge in [-0.25, -0.2) is 0 Å². The summed E-state index contributed by atoms with van der Waals surface area (Å²) in [6, 6.07) is 0. The summed E-state index contributed by atoms with van der Waals surface area (Å²) in [5.74, 6) is 1.51. The van der Waals surface area contributed by atoms with E-state index in [9.17, 15) is 4.79 Å². The molecule has 4 heteroatoms. The van der Waals surface area contributed by atoms with Gasteiger partial charge in [-0.05, 0) is 44.2 Å². The average molecular weight is 284 g/mol. The number of hydrogen-bond donors (Lipinski definition) is 1. The molecule has 1 fully saturated rings. The molecule has 0 aliphatic carbocycles. The van der Waals surface area contributed by atoms with Gasteiger partial charge in [-0.2, -0.15) is 0 Å². The fourth-order valence-corrected chi connectivity index (χ4v) is 2.90. The third-order valence-corrected chi connectivity index (χ3v) is 4.38. The van der Waals surface area contributed by atoms with Gasteiger partial charge in [-0.1, -0.05) is 20.3 Å².